The van der Waals surface area contributed by atoms with E-state index in [4.69, 9.17) is 0 Å². The quantitative estimate of drug-likeness (QED) is 0.423. The van der Waals surface area contributed by atoms with Gasteiger partial charge in [-0.2, -0.15) is 0 Å². The molecule has 0 radical (unpaired) electrons. The zero-order chi connectivity index (χ0) is 8.10. The Hall–Kier alpha value is -0.610. The molecular weight excluding hydrogens is 140 g/mol. The Labute approximate surface area is 67.6 Å². The fraction of sp³-hybridized carbons (Fsp3) is 0.857. The minimum Gasteiger partial charge on any atom is -0.360 e. The van der Waals surface area contributed by atoms with Gasteiger partial charge in [0, 0.05) is 20.1 Å². The fourth-order valence-electron chi connectivity index (χ4n) is 1.04. The van der Waals surface area contributed by atoms with E-state index >= 15 is 0 Å². The number of hydrazine groups is 1. The van der Waals surface area contributed by atoms with Crippen LogP contribution in [0.2, 0.25) is 0 Å². The second-order valence-corrected chi connectivity index (χ2v) is 2.60. The van der Waals surface area contributed by atoms with Gasteiger partial charge in [0.1, 0.15) is 5.84 Å². The summed E-state index contributed by atoms with van der Waals surface area (Å²) in [5, 5.41) is 0. The Bertz CT molecular complexity index is 143. The van der Waals surface area contributed by atoms with Crippen LogP contribution < -0.4 is 10.9 Å². The van der Waals surface area contributed by atoms with Crippen LogP contribution in [0.4, 0.5) is 0 Å². The molecule has 11 heavy (non-hydrogen) atoms. The first-order valence-corrected chi connectivity index (χ1v) is 4.04. The first-order chi connectivity index (χ1) is 5.34. The topological polar surface area (TPSA) is 39.7 Å². The molecule has 64 valence electrons. The van der Waals surface area contributed by atoms with Crippen molar-refractivity contribution >= 4 is 5.84 Å². The number of aliphatic imine (C=N–C) groups is 1. The lowest BCUT2D eigenvalue weighted by Gasteiger charge is -2.13. The highest BCUT2D eigenvalue weighted by Crippen LogP contribution is 1.95. The van der Waals surface area contributed by atoms with Crippen LogP contribution in [-0.4, -0.2) is 44.0 Å². The van der Waals surface area contributed by atoms with Crippen LogP contribution >= 0.6 is 0 Å². The maximum Gasteiger partial charge on any atom is 0.114 e. The standard InChI is InChI=1S/C7H16N4/c1-3-9-10-6-7-8-4-5-11(7)2/h9-10H,3-6H2,1-2H3. The van der Waals surface area contributed by atoms with Crippen molar-refractivity contribution in [2.24, 2.45) is 4.99 Å². The van der Waals surface area contributed by atoms with Gasteiger partial charge in [-0.25, -0.2) is 0 Å². The number of hydrogen-bond donors (Lipinski definition) is 2. The van der Waals surface area contributed by atoms with Gasteiger partial charge in [0.15, 0.2) is 0 Å². The number of nitrogens with zero attached hydrogens (tertiary/aromatic N) is 2. The molecule has 0 saturated carbocycles. The molecule has 0 spiro atoms. The van der Waals surface area contributed by atoms with Crippen LogP contribution in [0.1, 0.15) is 6.92 Å². The molecule has 0 amide bonds. The molecule has 2 N–H and O–H groups in total. The molecular formula is C7H16N4. The second kappa shape index (κ2) is 4.31. The van der Waals surface area contributed by atoms with E-state index in [1.54, 1.807) is 0 Å². The summed E-state index contributed by atoms with van der Waals surface area (Å²) in [6, 6.07) is 0. The summed E-state index contributed by atoms with van der Waals surface area (Å²) in [7, 11) is 2.07. The van der Waals surface area contributed by atoms with Crippen molar-refractivity contribution in [2.45, 2.75) is 6.92 Å². The molecule has 0 atom stereocenters. The van der Waals surface area contributed by atoms with Crippen molar-refractivity contribution in [2.75, 3.05) is 33.2 Å². The smallest absolute Gasteiger partial charge is 0.114 e. The van der Waals surface area contributed by atoms with Crippen LogP contribution in [0.3, 0.4) is 0 Å². The van der Waals surface area contributed by atoms with Crippen molar-refractivity contribution in [3.63, 3.8) is 0 Å². The summed E-state index contributed by atoms with van der Waals surface area (Å²) in [6.07, 6.45) is 0. The maximum absolute atomic E-state index is 4.33. The average molecular weight is 156 g/mol. The van der Waals surface area contributed by atoms with Crippen LogP contribution in [0.15, 0.2) is 4.99 Å². The predicted octanol–water partition coefficient (Wildman–Crippen LogP) is -0.556. The molecule has 1 aliphatic rings. The minimum absolute atomic E-state index is 0.824. The molecule has 0 saturated heterocycles. The molecule has 4 nitrogen and oxygen atoms in total. The summed E-state index contributed by atoms with van der Waals surface area (Å²) in [5.41, 5.74) is 6.12. The molecule has 1 heterocycles. The fourth-order valence-corrected chi connectivity index (χ4v) is 1.04. The van der Waals surface area contributed by atoms with Gasteiger partial charge >= 0.3 is 0 Å². The highest BCUT2D eigenvalue weighted by molar-refractivity contribution is 5.85. The number of amidine groups is 1. The molecule has 1 rings (SSSR count). The number of likely N-dealkylation sites (N-methyl/N-ethyl adjacent to an activating group) is 1. The summed E-state index contributed by atoms with van der Waals surface area (Å²) in [5.74, 6) is 1.14. The summed E-state index contributed by atoms with van der Waals surface area (Å²) >= 11 is 0. The van der Waals surface area contributed by atoms with Crippen molar-refractivity contribution in [3.8, 4) is 0 Å². The highest BCUT2D eigenvalue weighted by Gasteiger charge is 2.10. The largest absolute Gasteiger partial charge is 0.360 e. The third kappa shape index (κ3) is 2.48. The SMILES string of the molecule is CCNNCC1=NCCN1C. The summed E-state index contributed by atoms with van der Waals surface area (Å²) in [6.45, 7) is 5.83. The zero-order valence-electron chi connectivity index (χ0n) is 7.22. The van der Waals surface area contributed by atoms with Gasteiger partial charge in [-0.3, -0.25) is 15.8 Å². The lowest BCUT2D eigenvalue weighted by molar-refractivity contribution is 0.524. The molecule has 0 aliphatic carbocycles. The number of rotatable bonds is 4. The Balaban J connectivity index is 2.15. The molecule has 4 heteroatoms. The van der Waals surface area contributed by atoms with Crippen LogP contribution in [0, 0.1) is 0 Å². The lowest BCUT2D eigenvalue weighted by Crippen LogP contribution is -2.40. The third-order valence-corrected chi connectivity index (χ3v) is 1.72. The monoisotopic (exact) mass is 156 g/mol. The van der Waals surface area contributed by atoms with Gasteiger partial charge < -0.3 is 4.90 Å². The summed E-state index contributed by atoms with van der Waals surface area (Å²) in [4.78, 5) is 6.50. The van der Waals surface area contributed by atoms with Gasteiger partial charge in [-0.1, -0.05) is 6.92 Å². The van der Waals surface area contributed by atoms with Crippen LogP contribution in [0.25, 0.3) is 0 Å². The van der Waals surface area contributed by atoms with E-state index in [2.05, 4.69) is 34.7 Å². The zero-order valence-corrected chi connectivity index (χ0v) is 7.22. The van der Waals surface area contributed by atoms with E-state index in [0.717, 1.165) is 32.0 Å². The molecule has 0 fully saturated rings. The van der Waals surface area contributed by atoms with Gasteiger partial charge in [0.05, 0.1) is 13.1 Å². The third-order valence-electron chi connectivity index (χ3n) is 1.72. The summed E-state index contributed by atoms with van der Waals surface area (Å²) < 4.78 is 0. The van der Waals surface area contributed by atoms with E-state index in [9.17, 15) is 0 Å². The van der Waals surface area contributed by atoms with E-state index < -0.39 is 0 Å². The lowest BCUT2D eigenvalue weighted by atomic mass is 10.5. The first kappa shape index (κ1) is 8.49. The van der Waals surface area contributed by atoms with E-state index in [0.29, 0.717) is 0 Å². The van der Waals surface area contributed by atoms with Crippen molar-refractivity contribution in [1.82, 2.24) is 15.8 Å². The Morgan fingerprint density at radius 1 is 1.55 bits per heavy atom. The Morgan fingerprint density at radius 2 is 2.36 bits per heavy atom. The van der Waals surface area contributed by atoms with Gasteiger partial charge in [0.25, 0.3) is 0 Å². The van der Waals surface area contributed by atoms with E-state index in [1.165, 1.54) is 0 Å². The van der Waals surface area contributed by atoms with Crippen LogP contribution in [-0.2, 0) is 0 Å². The van der Waals surface area contributed by atoms with E-state index in [-0.39, 0.29) is 0 Å². The van der Waals surface area contributed by atoms with E-state index in [1.807, 2.05) is 0 Å². The molecule has 0 bridgehead atoms. The number of hydrogen-bond acceptors (Lipinski definition) is 4. The van der Waals surface area contributed by atoms with Gasteiger partial charge in [-0.15, -0.1) is 0 Å². The first-order valence-electron chi connectivity index (χ1n) is 4.04. The predicted molar refractivity (Wildman–Crippen MR) is 46.6 cm³/mol. The maximum atomic E-state index is 4.33. The molecule has 0 aromatic rings. The van der Waals surface area contributed by atoms with Crippen molar-refractivity contribution < 1.29 is 0 Å². The Kier molecular flexibility index (Phi) is 3.32. The van der Waals surface area contributed by atoms with Gasteiger partial charge in [0.2, 0.25) is 0 Å². The number of nitrogens with one attached hydrogen (secondary N) is 2. The minimum atomic E-state index is 0.824. The van der Waals surface area contributed by atoms with Crippen molar-refractivity contribution in [3.05, 3.63) is 0 Å². The van der Waals surface area contributed by atoms with Gasteiger partial charge in [-0.05, 0) is 0 Å². The normalized spacial score (nSPS) is 17.3. The average Bonchev–Trinajstić information content (AvgIpc) is 2.37. The van der Waals surface area contributed by atoms with Crippen molar-refractivity contribution in [1.29, 1.82) is 0 Å². The Morgan fingerprint density at radius 3 is 2.91 bits per heavy atom. The highest BCUT2D eigenvalue weighted by atomic mass is 15.4. The molecule has 0 unspecified atom stereocenters. The van der Waals surface area contributed by atoms with Crippen LogP contribution in [0.5, 0.6) is 0 Å². The second-order valence-electron chi connectivity index (χ2n) is 2.60. The molecule has 1 aliphatic heterocycles. The molecule has 0 aromatic carbocycles. The molecule has 0 aromatic heterocycles.